The standard InChI is InChI=1S/C19H12F3N3O2S/c1-10-23-14-7-6-11(8-15(14)27-10)9-16-17(26)25-18(28-16)24-13-5-3-2-4-12(13)19(20,21)22/h2-9H,1H3,(H,24,25,26)/b16-9+. The predicted molar refractivity (Wildman–Crippen MR) is 101 cm³/mol. The van der Waals surface area contributed by atoms with E-state index in [-0.39, 0.29) is 10.9 Å². The van der Waals surface area contributed by atoms with Crippen molar-refractivity contribution in [1.29, 1.82) is 0 Å². The van der Waals surface area contributed by atoms with Crippen molar-refractivity contribution in [1.82, 2.24) is 10.3 Å². The van der Waals surface area contributed by atoms with Gasteiger partial charge in [-0.3, -0.25) is 4.79 Å². The fourth-order valence-corrected chi connectivity index (χ4v) is 3.53. The number of rotatable bonds is 2. The summed E-state index contributed by atoms with van der Waals surface area (Å²) in [5.74, 6) is 0.104. The van der Waals surface area contributed by atoms with Crippen molar-refractivity contribution in [2.45, 2.75) is 13.1 Å². The summed E-state index contributed by atoms with van der Waals surface area (Å²) in [5, 5.41) is 2.58. The van der Waals surface area contributed by atoms with Crippen LogP contribution in [0.1, 0.15) is 17.0 Å². The number of hydrogen-bond acceptors (Lipinski definition) is 5. The highest BCUT2D eigenvalue weighted by atomic mass is 32.2. The van der Waals surface area contributed by atoms with E-state index in [1.54, 1.807) is 31.2 Å². The van der Waals surface area contributed by atoms with Crippen molar-refractivity contribution in [2.75, 3.05) is 0 Å². The number of halogens is 3. The summed E-state index contributed by atoms with van der Waals surface area (Å²) in [7, 11) is 0. The third kappa shape index (κ3) is 3.65. The van der Waals surface area contributed by atoms with Crippen molar-refractivity contribution in [3.05, 3.63) is 64.4 Å². The van der Waals surface area contributed by atoms with Crippen LogP contribution in [-0.4, -0.2) is 16.1 Å². The molecule has 0 aliphatic carbocycles. The minimum atomic E-state index is -4.53. The summed E-state index contributed by atoms with van der Waals surface area (Å²) in [6.45, 7) is 1.74. The van der Waals surface area contributed by atoms with Gasteiger partial charge in [-0.2, -0.15) is 13.2 Å². The van der Waals surface area contributed by atoms with Crippen molar-refractivity contribution < 1.29 is 22.4 Å². The number of carbonyl (C=O) groups is 1. The topological polar surface area (TPSA) is 67.5 Å². The molecule has 4 rings (SSSR count). The van der Waals surface area contributed by atoms with Gasteiger partial charge in [0.25, 0.3) is 5.91 Å². The van der Waals surface area contributed by atoms with Crippen LogP contribution in [-0.2, 0) is 11.0 Å². The number of alkyl halides is 3. The van der Waals surface area contributed by atoms with E-state index < -0.39 is 17.6 Å². The number of aryl methyl sites for hydroxylation is 1. The van der Waals surface area contributed by atoms with Crippen molar-refractivity contribution in [3.63, 3.8) is 0 Å². The second-order valence-electron chi connectivity index (χ2n) is 5.96. The lowest BCUT2D eigenvalue weighted by atomic mass is 10.2. The summed E-state index contributed by atoms with van der Waals surface area (Å²) in [5.41, 5.74) is 0.884. The summed E-state index contributed by atoms with van der Waals surface area (Å²) >= 11 is 0.975. The van der Waals surface area contributed by atoms with E-state index in [1.165, 1.54) is 18.2 Å². The Labute approximate surface area is 161 Å². The fourth-order valence-electron chi connectivity index (χ4n) is 2.70. The highest BCUT2D eigenvalue weighted by molar-refractivity contribution is 8.18. The third-order valence-electron chi connectivity index (χ3n) is 3.90. The molecule has 142 valence electrons. The van der Waals surface area contributed by atoms with Crippen LogP contribution in [0.15, 0.2) is 56.8 Å². The quantitative estimate of drug-likeness (QED) is 0.609. The summed E-state index contributed by atoms with van der Waals surface area (Å²) in [6, 6.07) is 10.2. The number of oxazole rings is 1. The smallest absolute Gasteiger partial charge is 0.418 e. The van der Waals surface area contributed by atoms with E-state index in [9.17, 15) is 18.0 Å². The largest absolute Gasteiger partial charge is 0.441 e. The highest BCUT2D eigenvalue weighted by Gasteiger charge is 2.34. The van der Waals surface area contributed by atoms with Gasteiger partial charge in [0.2, 0.25) is 0 Å². The molecule has 2 heterocycles. The number of aromatic nitrogens is 1. The molecule has 1 amide bonds. The number of fused-ring (bicyclic) bond motifs is 1. The molecule has 0 atom stereocenters. The Morgan fingerprint density at radius 1 is 1.21 bits per heavy atom. The summed E-state index contributed by atoms with van der Waals surface area (Å²) < 4.78 is 44.8. The van der Waals surface area contributed by atoms with Crippen LogP contribution in [0.2, 0.25) is 0 Å². The van der Waals surface area contributed by atoms with E-state index in [2.05, 4.69) is 15.3 Å². The van der Waals surface area contributed by atoms with Crippen LogP contribution in [0.3, 0.4) is 0 Å². The minimum absolute atomic E-state index is 0.0875. The number of benzene rings is 2. The zero-order valence-electron chi connectivity index (χ0n) is 14.4. The first-order chi connectivity index (χ1) is 13.3. The van der Waals surface area contributed by atoms with Crippen LogP contribution in [0.4, 0.5) is 18.9 Å². The van der Waals surface area contributed by atoms with Crippen LogP contribution in [0, 0.1) is 6.92 Å². The molecule has 2 aromatic carbocycles. The average molecular weight is 403 g/mol. The van der Waals surface area contributed by atoms with E-state index in [1.807, 2.05) is 0 Å². The van der Waals surface area contributed by atoms with Crippen LogP contribution in [0.25, 0.3) is 17.2 Å². The van der Waals surface area contributed by atoms with Gasteiger partial charge in [0.05, 0.1) is 16.2 Å². The molecule has 28 heavy (non-hydrogen) atoms. The van der Waals surface area contributed by atoms with Gasteiger partial charge in [0.15, 0.2) is 16.6 Å². The predicted octanol–water partition coefficient (Wildman–Crippen LogP) is 5.05. The lowest BCUT2D eigenvalue weighted by molar-refractivity contribution is -0.137. The molecule has 1 aliphatic rings. The van der Waals surface area contributed by atoms with Gasteiger partial charge in [0, 0.05) is 6.92 Å². The maximum absolute atomic E-state index is 13.1. The number of amidine groups is 1. The molecule has 5 nitrogen and oxygen atoms in total. The first-order valence-corrected chi connectivity index (χ1v) is 8.94. The number of hydrogen-bond donors (Lipinski definition) is 1. The van der Waals surface area contributed by atoms with Gasteiger partial charge >= 0.3 is 6.18 Å². The van der Waals surface area contributed by atoms with Gasteiger partial charge in [0.1, 0.15) is 5.52 Å². The van der Waals surface area contributed by atoms with Crippen molar-refractivity contribution in [3.8, 4) is 0 Å². The molecule has 1 N–H and O–H groups in total. The van der Waals surface area contributed by atoms with E-state index in [0.29, 0.717) is 27.5 Å². The minimum Gasteiger partial charge on any atom is -0.441 e. The zero-order chi connectivity index (χ0) is 19.9. The highest BCUT2D eigenvalue weighted by Crippen LogP contribution is 2.37. The Balaban J connectivity index is 1.63. The van der Waals surface area contributed by atoms with E-state index in [0.717, 1.165) is 17.8 Å². The second-order valence-corrected chi connectivity index (χ2v) is 6.99. The van der Waals surface area contributed by atoms with Gasteiger partial charge < -0.3 is 9.73 Å². The summed E-state index contributed by atoms with van der Waals surface area (Å²) in [4.78, 5) is 20.7. The number of thioether (sulfide) groups is 1. The normalized spacial score (nSPS) is 17.6. The molecular weight excluding hydrogens is 391 g/mol. The molecule has 0 bridgehead atoms. The second kappa shape index (κ2) is 6.83. The molecule has 1 aromatic heterocycles. The molecular formula is C19H12F3N3O2S. The number of nitrogens with one attached hydrogen (secondary N) is 1. The molecule has 9 heteroatoms. The van der Waals surface area contributed by atoms with Crippen LogP contribution < -0.4 is 5.32 Å². The molecule has 0 unspecified atom stereocenters. The Morgan fingerprint density at radius 2 is 2.00 bits per heavy atom. The SMILES string of the molecule is Cc1nc2ccc(/C=C3/SC(=Nc4ccccc4C(F)(F)F)NC3=O)cc2o1. The first kappa shape index (κ1) is 18.3. The van der Waals surface area contributed by atoms with Crippen molar-refractivity contribution in [2.24, 2.45) is 4.99 Å². The van der Waals surface area contributed by atoms with E-state index in [4.69, 9.17) is 4.42 Å². The molecule has 1 aliphatic heterocycles. The van der Waals surface area contributed by atoms with E-state index >= 15 is 0 Å². The number of amides is 1. The molecule has 1 fully saturated rings. The third-order valence-corrected chi connectivity index (χ3v) is 4.81. The van der Waals surface area contributed by atoms with Gasteiger partial charge in [-0.1, -0.05) is 18.2 Å². The van der Waals surface area contributed by atoms with Crippen molar-refractivity contribution >= 4 is 45.7 Å². The zero-order valence-corrected chi connectivity index (χ0v) is 15.2. The maximum atomic E-state index is 13.1. The average Bonchev–Trinajstić information content (AvgIpc) is 3.15. The maximum Gasteiger partial charge on any atom is 0.418 e. The Kier molecular flexibility index (Phi) is 4.46. The lowest BCUT2D eigenvalue weighted by Crippen LogP contribution is -2.19. The molecule has 0 radical (unpaired) electrons. The van der Waals surface area contributed by atoms with Gasteiger partial charge in [-0.15, -0.1) is 0 Å². The Morgan fingerprint density at radius 3 is 2.79 bits per heavy atom. The Bertz CT molecular complexity index is 1150. The molecule has 3 aromatic rings. The number of carbonyl (C=O) groups excluding carboxylic acids is 1. The van der Waals surface area contributed by atoms with Gasteiger partial charge in [-0.25, -0.2) is 9.98 Å². The molecule has 0 spiro atoms. The lowest BCUT2D eigenvalue weighted by Gasteiger charge is -2.09. The molecule has 0 saturated carbocycles. The Hall–Kier alpha value is -3.07. The fraction of sp³-hybridized carbons (Fsp3) is 0.105. The monoisotopic (exact) mass is 403 g/mol. The summed E-state index contributed by atoms with van der Waals surface area (Å²) in [6.07, 6.45) is -2.91. The number of nitrogens with zero attached hydrogens (tertiary/aromatic N) is 2. The van der Waals surface area contributed by atoms with Crippen LogP contribution >= 0.6 is 11.8 Å². The van der Waals surface area contributed by atoms with Gasteiger partial charge in [-0.05, 0) is 47.7 Å². The molecule has 1 saturated heterocycles. The van der Waals surface area contributed by atoms with Crippen LogP contribution in [0.5, 0.6) is 0 Å². The first-order valence-electron chi connectivity index (χ1n) is 8.12. The number of aliphatic imine (C=N–C) groups is 1. The number of para-hydroxylation sites is 1.